The van der Waals surface area contributed by atoms with Crippen molar-refractivity contribution >= 4 is 11.8 Å². The first-order chi connectivity index (χ1) is 7.65. The van der Waals surface area contributed by atoms with Gasteiger partial charge in [-0.2, -0.15) is 11.8 Å². The smallest absolute Gasteiger partial charge is 0.128 e. The molecule has 0 bridgehead atoms. The van der Waals surface area contributed by atoms with Crippen LogP contribution in [0.4, 0.5) is 4.39 Å². The summed E-state index contributed by atoms with van der Waals surface area (Å²) in [6.45, 7) is 7.23. The van der Waals surface area contributed by atoms with Crippen molar-refractivity contribution in [3.63, 3.8) is 0 Å². The number of thioether (sulfide) groups is 1. The van der Waals surface area contributed by atoms with Gasteiger partial charge in [-0.1, -0.05) is 39.0 Å². The molecular formula is C13H20FNS. The zero-order valence-electron chi connectivity index (χ0n) is 10.2. The molecule has 0 fully saturated rings. The van der Waals surface area contributed by atoms with Crippen LogP contribution in [0.3, 0.4) is 0 Å². The fourth-order valence-corrected chi connectivity index (χ4v) is 2.43. The van der Waals surface area contributed by atoms with Gasteiger partial charge in [0.1, 0.15) is 5.82 Å². The first kappa shape index (κ1) is 13.5. The first-order valence-electron chi connectivity index (χ1n) is 5.74. The Hall–Kier alpha value is -0.540. The second kappa shape index (κ2) is 6.92. The molecule has 16 heavy (non-hydrogen) atoms. The Bertz CT molecular complexity index is 315. The summed E-state index contributed by atoms with van der Waals surface area (Å²) < 4.78 is 13.6. The lowest BCUT2D eigenvalue weighted by molar-refractivity contribution is 0.545. The number of benzene rings is 1. The van der Waals surface area contributed by atoms with Gasteiger partial charge in [-0.15, -0.1) is 0 Å². The van der Waals surface area contributed by atoms with Crippen molar-refractivity contribution in [2.45, 2.75) is 32.1 Å². The molecule has 0 saturated heterocycles. The van der Waals surface area contributed by atoms with Gasteiger partial charge in [0.15, 0.2) is 0 Å². The van der Waals surface area contributed by atoms with Crippen LogP contribution >= 0.6 is 11.8 Å². The Morgan fingerprint density at radius 3 is 2.56 bits per heavy atom. The quantitative estimate of drug-likeness (QED) is 0.816. The lowest BCUT2D eigenvalue weighted by Gasteiger charge is -2.19. The third-order valence-corrected chi connectivity index (χ3v) is 3.52. The Morgan fingerprint density at radius 1 is 1.31 bits per heavy atom. The molecule has 0 aliphatic heterocycles. The Morgan fingerprint density at radius 2 is 2.00 bits per heavy atom. The third kappa shape index (κ3) is 4.14. The van der Waals surface area contributed by atoms with E-state index in [1.165, 1.54) is 6.07 Å². The average Bonchev–Trinajstić information content (AvgIpc) is 2.25. The van der Waals surface area contributed by atoms with E-state index in [1.54, 1.807) is 6.07 Å². The van der Waals surface area contributed by atoms with Crippen LogP contribution in [0.5, 0.6) is 0 Å². The molecule has 1 aromatic carbocycles. The molecule has 0 amide bonds. The molecule has 1 N–H and O–H groups in total. The summed E-state index contributed by atoms with van der Waals surface area (Å²) in [6, 6.07) is 7.13. The monoisotopic (exact) mass is 241 g/mol. The molecule has 0 saturated carbocycles. The Labute approximate surface area is 102 Å². The second-order valence-electron chi connectivity index (χ2n) is 4.01. The number of hydrogen-bond donors (Lipinski definition) is 1. The summed E-state index contributed by atoms with van der Waals surface area (Å²) in [5.74, 6) is 0.796. The molecule has 1 aromatic rings. The summed E-state index contributed by atoms with van der Waals surface area (Å²) in [5.41, 5.74) is 0.775. The molecule has 0 aliphatic carbocycles. The molecule has 0 aliphatic rings. The predicted molar refractivity (Wildman–Crippen MR) is 70.4 cm³/mol. The van der Waals surface area contributed by atoms with Crippen molar-refractivity contribution in [2.24, 2.45) is 0 Å². The largest absolute Gasteiger partial charge is 0.309 e. The summed E-state index contributed by atoms with van der Waals surface area (Å²) in [6.07, 6.45) is 0. The van der Waals surface area contributed by atoms with E-state index >= 15 is 0 Å². The van der Waals surface area contributed by atoms with Crippen molar-refractivity contribution in [1.82, 2.24) is 5.32 Å². The summed E-state index contributed by atoms with van der Waals surface area (Å²) >= 11 is 1.85. The lowest BCUT2D eigenvalue weighted by Crippen LogP contribution is -2.24. The molecule has 3 heteroatoms. The van der Waals surface area contributed by atoms with Crippen LogP contribution in [0.15, 0.2) is 24.3 Å². The zero-order chi connectivity index (χ0) is 12.0. The number of halogens is 1. The van der Waals surface area contributed by atoms with Crippen molar-refractivity contribution in [3.8, 4) is 0 Å². The molecule has 1 unspecified atom stereocenters. The van der Waals surface area contributed by atoms with Crippen LogP contribution in [-0.4, -0.2) is 17.5 Å². The third-order valence-electron chi connectivity index (χ3n) is 2.33. The lowest BCUT2D eigenvalue weighted by atomic mass is 10.1. The summed E-state index contributed by atoms with van der Waals surface area (Å²) in [4.78, 5) is 0. The zero-order valence-corrected chi connectivity index (χ0v) is 11.0. The van der Waals surface area contributed by atoms with Crippen LogP contribution < -0.4 is 5.32 Å². The second-order valence-corrected chi connectivity index (χ2v) is 5.62. The maximum atomic E-state index is 13.6. The van der Waals surface area contributed by atoms with Crippen LogP contribution in [0.1, 0.15) is 32.4 Å². The first-order valence-corrected chi connectivity index (χ1v) is 6.79. The van der Waals surface area contributed by atoms with Gasteiger partial charge in [0.05, 0.1) is 0 Å². The number of nitrogens with one attached hydrogen (secondary N) is 1. The molecule has 1 nitrogen and oxygen atoms in total. The van der Waals surface area contributed by atoms with Gasteiger partial charge in [-0.3, -0.25) is 0 Å². The van der Waals surface area contributed by atoms with E-state index in [2.05, 4.69) is 19.2 Å². The molecule has 90 valence electrons. The molecule has 1 rings (SSSR count). The van der Waals surface area contributed by atoms with Crippen molar-refractivity contribution in [1.29, 1.82) is 0 Å². The topological polar surface area (TPSA) is 12.0 Å². The molecule has 0 heterocycles. The maximum Gasteiger partial charge on any atom is 0.128 e. The molecule has 0 spiro atoms. The average molecular weight is 241 g/mol. The Balaban J connectivity index is 2.73. The highest BCUT2D eigenvalue weighted by Crippen LogP contribution is 2.23. The van der Waals surface area contributed by atoms with Crippen molar-refractivity contribution < 1.29 is 4.39 Å². The minimum absolute atomic E-state index is 0.110. The highest BCUT2D eigenvalue weighted by molar-refractivity contribution is 7.99. The van der Waals surface area contributed by atoms with E-state index in [1.807, 2.05) is 30.8 Å². The fraction of sp³-hybridized carbons (Fsp3) is 0.538. The van der Waals surface area contributed by atoms with E-state index in [-0.39, 0.29) is 11.9 Å². The van der Waals surface area contributed by atoms with E-state index in [4.69, 9.17) is 0 Å². The minimum atomic E-state index is -0.113. The number of hydrogen-bond acceptors (Lipinski definition) is 2. The standard InChI is InChI=1S/C13H20FNS/c1-4-15-13(9-16-10(2)3)11-7-5-6-8-12(11)14/h5-8,10,13,15H,4,9H2,1-3H3. The van der Waals surface area contributed by atoms with Gasteiger partial charge >= 0.3 is 0 Å². The highest BCUT2D eigenvalue weighted by atomic mass is 32.2. The summed E-state index contributed by atoms with van der Waals surface area (Å²) in [7, 11) is 0. The highest BCUT2D eigenvalue weighted by Gasteiger charge is 2.14. The fourth-order valence-electron chi connectivity index (χ4n) is 1.55. The molecule has 0 aromatic heterocycles. The SMILES string of the molecule is CCNC(CSC(C)C)c1ccccc1F. The molecular weight excluding hydrogens is 221 g/mol. The van der Waals surface area contributed by atoms with E-state index in [0.717, 1.165) is 17.9 Å². The van der Waals surface area contributed by atoms with E-state index in [9.17, 15) is 4.39 Å². The summed E-state index contributed by atoms with van der Waals surface area (Å²) in [5, 5.41) is 3.91. The normalized spacial score (nSPS) is 13.1. The van der Waals surface area contributed by atoms with Crippen LogP contribution in [0.25, 0.3) is 0 Å². The van der Waals surface area contributed by atoms with E-state index < -0.39 is 0 Å². The Kier molecular flexibility index (Phi) is 5.85. The van der Waals surface area contributed by atoms with Crippen LogP contribution in [0.2, 0.25) is 0 Å². The van der Waals surface area contributed by atoms with Gasteiger partial charge in [0.25, 0.3) is 0 Å². The van der Waals surface area contributed by atoms with Gasteiger partial charge in [-0.25, -0.2) is 4.39 Å². The maximum absolute atomic E-state index is 13.6. The van der Waals surface area contributed by atoms with Gasteiger partial charge < -0.3 is 5.32 Å². The molecule has 1 atom stereocenters. The minimum Gasteiger partial charge on any atom is -0.309 e. The van der Waals surface area contributed by atoms with Crippen molar-refractivity contribution in [3.05, 3.63) is 35.6 Å². The van der Waals surface area contributed by atoms with Crippen LogP contribution in [0, 0.1) is 5.82 Å². The van der Waals surface area contributed by atoms with E-state index in [0.29, 0.717) is 5.25 Å². The predicted octanol–water partition coefficient (Wildman–Crippen LogP) is 3.62. The van der Waals surface area contributed by atoms with Crippen LogP contribution in [-0.2, 0) is 0 Å². The van der Waals surface area contributed by atoms with Gasteiger partial charge in [0.2, 0.25) is 0 Å². The number of rotatable bonds is 6. The molecule has 0 radical (unpaired) electrons. The van der Waals surface area contributed by atoms with Gasteiger partial charge in [0, 0.05) is 17.4 Å². The van der Waals surface area contributed by atoms with Gasteiger partial charge in [-0.05, 0) is 17.9 Å². The van der Waals surface area contributed by atoms with Crippen molar-refractivity contribution in [2.75, 3.05) is 12.3 Å².